The zero-order chi connectivity index (χ0) is 14.3. The van der Waals surface area contributed by atoms with Gasteiger partial charge in [0.05, 0.1) is 12.1 Å². The number of carbonyl (C=O) groups is 1. The second kappa shape index (κ2) is 7.55. The highest BCUT2D eigenvalue weighted by molar-refractivity contribution is 5.95. The molecule has 1 atom stereocenters. The summed E-state index contributed by atoms with van der Waals surface area (Å²) in [7, 11) is 0. The predicted molar refractivity (Wildman–Crippen MR) is 74.2 cm³/mol. The standard InChI is InChI=1S/C15H19FN2O/c1-3-5-11(2)18-15(19)13-10-12(6-4-9-17)7-8-14(13)16/h7-8,10-11H,3,5,9,17H2,1-2H3,(H,18,19). The molecule has 0 aliphatic heterocycles. The Labute approximate surface area is 113 Å². The fraction of sp³-hybridized carbons (Fsp3) is 0.400. The smallest absolute Gasteiger partial charge is 0.254 e. The molecule has 0 bridgehead atoms. The van der Waals surface area contributed by atoms with Crippen LogP contribution in [0, 0.1) is 17.7 Å². The number of hydrogen-bond donors (Lipinski definition) is 2. The Morgan fingerprint density at radius 1 is 1.53 bits per heavy atom. The number of nitrogens with one attached hydrogen (secondary N) is 1. The minimum absolute atomic E-state index is 0.0202. The summed E-state index contributed by atoms with van der Waals surface area (Å²) in [5.74, 6) is 4.51. The Balaban J connectivity index is 2.89. The maximum absolute atomic E-state index is 13.6. The Morgan fingerprint density at radius 3 is 2.89 bits per heavy atom. The van der Waals surface area contributed by atoms with Gasteiger partial charge in [-0.2, -0.15) is 0 Å². The van der Waals surface area contributed by atoms with Gasteiger partial charge in [0.15, 0.2) is 0 Å². The zero-order valence-corrected chi connectivity index (χ0v) is 11.3. The van der Waals surface area contributed by atoms with Gasteiger partial charge in [-0.1, -0.05) is 25.2 Å². The first-order chi connectivity index (χ1) is 9.08. The summed E-state index contributed by atoms with van der Waals surface area (Å²) in [6.07, 6.45) is 1.83. The van der Waals surface area contributed by atoms with Crippen molar-refractivity contribution in [1.29, 1.82) is 0 Å². The number of benzene rings is 1. The van der Waals surface area contributed by atoms with Crippen molar-refractivity contribution in [3.8, 4) is 11.8 Å². The van der Waals surface area contributed by atoms with E-state index < -0.39 is 11.7 Å². The van der Waals surface area contributed by atoms with Gasteiger partial charge in [-0.3, -0.25) is 4.79 Å². The van der Waals surface area contributed by atoms with Crippen LogP contribution in [-0.2, 0) is 0 Å². The molecule has 4 heteroatoms. The molecule has 0 radical (unpaired) electrons. The summed E-state index contributed by atoms with van der Waals surface area (Å²) in [6, 6.07) is 4.26. The SMILES string of the molecule is CCCC(C)NC(=O)c1cc(C#CCN)ccc1F. The average molecular weight is 262 g/mol. The Kier molecular flexibility index (Phi) is 6.04. The van der Waals surface area contributed by atoms with Crippen molar-refractivity contribution in [2.75, 3.05) is 6.54 Å². The summed E-state index contributed by atoms with van der Waals surface area (Å²) in [5.41, 5.74) is 5.88. The van der Waals surface area contributed by atoms with E-state index >= 15 is 0 Å². The molecule has 0 saturated carbocycles. The molecule has 102 valence electrons. The molecule has 0 saturated heterocycles. The molecular weight excluding hydrogens is 243 g/mol. The quantitative estimate of drug-likeness (QED) is 0.816. The fourth-order valence-corrected chi connectivity index (χ4v) is 1.74. The van der Waals surface area contributed by atoms with Gasteiger partial charge in [0, 0.05) is 11.6 Å². The van der Waals surface area contributed by atoms with Crippen LogP contribution in [0.4, 0.5) is 4.39 Å². The first-order valence-electron chi connectivity index (χ1n) is 6.37. The molecule has 0 fully saturated rings. The van der Waals surface area contributed by atoms with E-state index in [1.807, 2.05) is 13.8 Å². The third-order valence-electron chi connectivity index (χ3n) is 2.64. The molecule has 1 rings (SSSR count). The van der Waals surface area contributed by atoms with Gasteiger partial charge in [-0.05, 0) is 31.5 Å². The van der Waals surface area contributed by atoms with Crippen LogP contribution in [-0.4, -0.2) is 18.5 Å². The fourth-order valence-electron chi connectivity index (χ4n) is 1.74. The highest BCUT2D eigenvalue weighted by atomic mass is 19.1. The number of amides is 1. The van der Waals surface area contributed by atoms with Crippen molar-refractivity contribution in [3.63, 3.8) is 0 Å². The molecule has 0 spiro atoms. The van der Waals surface area contributed by atoms with E-state index in [4.69, 9.17) is 5.73 Å². The van der Waals surface area contributed by atoms with Crippen LogP contribution in [0.3, 0.4) is 0 Å². The highest BCUT2D eigenvalue weighted by Gasteiger charge is 2.14. The Hall–Kier alpha value is -1.86. The number of halogens is 1. The molecule has 1 amide bonds. The van der Waals surface area contributed by atoms with Crippen LogP contribution in [0.25, 0.3) is 0 Å². The molecule has 0 aromatic heterocycles. The van der Waals surface area contributed by atoms with E-state index in [1.54, 1.807) is 0 Å². The van der Waals surface area contributed by atoms with Crippen molar-refractivity contribution >= 4 is 5.91 Å². The summed E-state index contributed by atoms with van der Waals surface area (Å²) < 4.78 is 13.6. The Morgan fingerprint density at radius 2 is 2.26 bits per heavy atom. The van der Waals surface area contributed by atoms with Crippen LogP contribution in [0.5, 0.6) is 0 Å². The minimum Gasteiger partial charge on any atom is -0.349 e. The summed E-state index contributed by atoms with van der Waals surface area (Å²) >= 11 is 0. The second-order valence-electron chi connectivity index (χ2n) is 4.36. The van der Waals surface area contributed by atoms with Gasteiger partial charge < -0.3 is 11.1 Å². The lowest BCUT2D eigenvalue weighted by Crippen LogP contribution is -2.33. The second-order valence-corrected chi connectivity index (χ2v) is 4.36. The number of carbonyl (C=O) groups excluding carboxylic acids is 1. The molecule has 0 heterocycles. The lowest BCUT2D eigenvalue weighted by Gasteiger charge is -2.13. The summed E-state index contributed by atoms with van der Waals surface area (Å²) in [6.45, 7) is 4.16. The van der Waals surface area contributed by atoms with Crippen molar-refractivity contribution < 1.29 is 9.18 Å². The first kappa shape index (κ1) is 15.2. The third-order valence-corrected chi connectivity index (χ3v) is 2.64. The monoisotopic (exact) mass is 262 g/mol. The first-order valence-corrected chi connectivity index (χ1v) is 6.37. The topological polar surface area (TPSA) is 55.1 Å². The molecule has 3 N–H and O–H groups in total. The third kappa shape index (κ3) is 4.72. The number of nitrogens with two attached hydrogens (primary N) is 1. The van der Waals surface area contributed by atoms with E-state index in [1.165, 1.54) is 18.2 Å². The van der Waals surface area contributed by atoms with Gasteiger partial charge in [-0.15, -0.1) is 0 Å². The van der Waals surface area contributed by atoms with Gasteiger partial charge in [0.2, 0.25) is 0 Å². The number of hydrogen-bond acceptors (Lipinski definition) is 2. The van der Waals surface area contributed by atoms with E-state index in [9.17, 15) is 9.18 Å². The van der Waals surface area contributed by atoms with E-state index in [0.717, 1.165) is 12.8 Å². The number of rotatable bonds is 4. The van der Waals surface area contributed by atoms with Crippen LogP contribution in [0.1, 0.15) is 42.6 Å². The van der Waals surface area contributed by atoms with E-state index in [-0.39, 0.29) is 18.2 Å². The van der Waals surface area contributed by atoms with Crippen LogP contribution >= 0.6 is 0 Å². The molecular formula is C15H19FN2O. The summed E-state index contributed by atoms with van der Waals surface area (Å²) in [4.78, 5) is 12.0. The van der Waals surface area contributed by atoms with Gasteiger partial charge in [0.1, 0.15) is 5.82 Å². The largest absolute Gasteiger partial charge is 0.349 e. The average Bonchev–Trinajstić information content (AvgIpc) is 2.37. The highest BCUT2D eigenvalue weighted by Crippen LogP contribution is 2.11. The predicted octanol–water partition coefficient (Wildman–Crippen LogP) is 2.05. The van der Waals surface area contributed by atoms with Crippen LogP contribution < -0.4 is 11.1 Å². The van der Waals surface area contributed by atoms with Crippen molar-refractivity contribution in [3.05, 3.63) is 35.1 Å². The molecule has 19 heavy (non-hydrogen) atoms. The minimum atomic E-state index is -0.542. The molecule has 0 aliphatic rings. The molecule has 3 nitrogen and oxygen atoms in total. The van der Waals surface area contributed by atoms with E-state index in [2.05, 4.69) is 17.2 Å². The van der Waals surface area contributed by atoms with Gasteiger partial charge in [-0.25, -0.2) is 4.39 Å². The van der Waals surface area contributed by atoms with Gasteiger partial charge >= 0.3 is 0 Å². The van der Waals surface area contributed by atoms with Crippen molar-refractivity contribution in [2.24, 2.45) is 5.73 Å². The zero-order valence-electron chi connectivity index (χ0n) is 11.3. The summed E-state index contributed by atoms with van der Waals surface area (Å²) in [5, 5.41) is 2.77. The van der Waals surface area contributed by atoms with Crippen molar-refractivity contribution in [1.82, 2.24) is 5.32 Å². The van der Waals surface area contributed by atoms with Crippen molar-refractivity contribution in [2.45, 2.75) is 32.7 Å². The van der Waals surface area contributed by atoms with Crippen LogP contribution in [0.15, 0.2) is 18.2 Å². The van der Waals surface area contributed by atoms with Crippen LogP contribution in [0.2, 0.25) is 0 Å². The molecule has 1 aromatic carbocycles. The lowest BCUT2D eigenvalue weighted by atomic mass is 10.1. The van der Waals surface area contributed by atoms with Gasteiger partial charge in [0.25, 0.3) is 5.91 Å². The maximum atomic E-state index is 13.6. The lowest BCUT2D eigenvalue weighted by molar-refractivity contribution is 0.0934. The molecule has 0 aliphatic carbocycles. The maximum Gasteiger partial charge on any atom is 0.254 e. The Bertz CT molecular complexity index is 503. The molecule has 1 aromatic rings. The van der Waals surface area contributed by atoms with E-state index in [0.29, 0.717) is 5.56 Å². The molecule has 1 unspecified atom stereocenters. The normalized spacial score (nSPS) is 11.4.